The fourth-order valence-electron chi connectivity index (χ4n) is 3.91. The Kier molecular flexibility index (Phi) is 6.08. The Balaban J connectivity index is 1.73. The van der Waals surface area contributed by atoms with Crippen molar-refractivity contribution in [2.75, 3.05) is 26.1 Å². The van der Waals surface area contributed by atoms with Gasteiger partial charge in [0.2, 0.25) is 0 Å². The van der Waals surface area contributed by atoms with E-state index in [0.29, 0.717) is 12.0 Å². The fraction of sp³-hybridized carbons (Fsp3) is 0.185. The number of benzene rings is 3. The van der Waals surface area contributed by atoms with Gasteiger partial charge >= 0.3 is 0 Å². The maximum atomic E-state index is 13.4. The first kappa shape index (κ1) is 21.4. The highest BCUT2D eigenvalue weighted by Gasteiger charge is 2.33. The molecule has 0 bridgehead atoms. The van der Waals surface area contributed by atoms with Crippen molar-refractivity contribution in [1.82, 2.24) is 5.01 Å². The quantitative estimate of drug-likeness (QED) is 0.531. The highest BCUT2D eigenvalue weighted by Crippen LogP contribution is 2.35. The maximum Gasteiger partial charge on any atom is 0.274 e. The molecule has 1 heterocycles. The molecule has 0 aliphatic carbocycles. The van der Waals surface area contributed by atoms with E-state index < -0.39 is 0 Å². The Labute approximate surface area is 189 Å². The number of amides is 1. The van der Waals surface area contributed by atoms with Gasteiger partial charge in [0.05, 0.1) is 18.9 Å². The molecule has 4 rings (SSSR count). The van der Waals surface area contributed by atoms with Crippen molar-refractivity contribution in [3.8, 4) is 5.75 Å². The van der Waals surface area contributed by atoms with E-state index in [1.165, 1.54) is 0 Å². The zero-order chi connectivity index (χ0) is 22.7. The largest absolute Gasteiger partial charge is 0.496 e. The molecule has 1 aliphatic heterocycles. The molecule has 1 aliphatic rings. The molecule has 162 valence electrons. The Morgan fingerprint density at radius 2 is 1.81 bits per heavy atom. The summed E-state index contributed by atoms with van der Waals surface area (Å²) in [6.45, 7) is 3.89. The topological polar surface area (TPSA) is 45.1 Å². The summed E-state index contributed by atoms with van der Waals surface area (Å²) in [5.74, 6) is 0.648. The molecule has 3 aromatic rings. The number of nitrogens with zero attached hydrogens (tertiary/aromatic N) is 3. The number of hydrazone groups is 1. The molecule has 1 atom stereocenters. The summed E-state index contributed by atoms with van der Waals surface area (Å²) >= 11 is 0. The number of hydrogen-bond acceptors (Lipinski definition) is 4. The minimum atomic E-state index is -0.178. The zero-order valence-electron chi connectivity index (χ0n) is 18.7. The van der Waals surface area contributed by atoms with Crippen LogP contribution in [0.3, 0.4) is 0 Å². The number of carbonyl (C=O) groups excluding carboxylic acids is 1. The van der Waals surface area contributed by atoms with Gasteiger partial charge in [-0.15, -0.1) is 0 Å². The Morgan fingerprint density at radius 3 is 2.44 bits per heavy atom. The smallest absolute Gasteiger partial charge is 0.274 e. The van der Waals surface area contributed by atoms with Crippen LogP contribution in [0.4, 0.5) is 5.69 Å². The number of rotatable bonds is 6. The molecule has 0 spiro atoms. The van der Waals surface area contributed by atoms with Gasteiger partial charge in [0.15, 0.2) is 0 Å². The average molecular weight is 426 g/mol. The second-order valence-corrected chi connectivity index (χ2v) is 7.93. The van der Waals surface area contributed by atoms with E-state index in [2.05, 4.69) is 35.7 Å². The Hall–Kier alpha value is -3.86. The van der Waals surface area contributed by atoms with Crippen molar-refractivity contribution in [3.63, 3.8) is 0 Å². The fourth-order valence-corrected chi connectivity index (χ4v) is 3.91. The standard InChI is InChI=1S/C27H27N3O2/c1-5-19-17-22(13-16-26(19)32-4)24-18-25(20-11-14-23(15-12-20)29(2)3)30(28-24)27(31)21-9-7-6-8-10-21/h5-17,25H,1,18H2,2-4H3. The van der Waals surface area contributed by atoms with Crippen LogP contribution in [-0.4, -0.2) is 37.8 Å². The van der Waals surface area contributed by atoms with Crippen molar-refractivity contribution in [2.45, 2.75) is 12.5 Å². The lowest BCUT2D eigenvalue weighted by Gasteiger charge is -2.23. The van der Waals surface area contributed by atoms with Gasteiger partial charge in [0.1, 0.15) is 5.75 Å². The van der Waals surface area contributed by atoms with E-state index >= 15 is 0 Å². The van der Waals surface area contributed by atoms with Crippen LogP contribution in [0, 0.1) is 0 Å². The van der Waals surface area contributed by atoms with Gasteiger partial charge < -0.3 is 9.64 Å². The molecule has 0 N–H and O–H groups in total. The first-order valence-corrected chi connectivity index (χ1v) is 10.6. The molecule has 0 fully saturated rings. The third kappa shape index (κ3) is 4.14. The number of hydrogen-bond donors (Lipinski definition) is 0. The van der Waals surface area contributed by atoms with E-state index in [1.807, 2.05) is 62.6 Å². The summed E-state index contributed by atoms with van der Waals surface area (Å²) in [6.07, 6.45) is 2.39. The number of ether oxygens (including phenoxy) is 1. The summed E-state index contributed by atoms with van der Waals surface area (Å²) < 4.78 is 5.41. The average Bonchev–Trinajstić information content (AvgIpc) is 3.29. The third-order valence-electron chi connectivity index (χ3n) is 5.72. The molecular weight excluding hydrogens is 398 g/mol. The number of methoxy groups -OCH3 is 1. The first-order valence-electron chi connectivity index (χ1n) is 10.6. The molecule has 0 aromatic heterocycles. The monoisotopic (exact) mass is 425 g/mol. The molecule has 1 amide bonds. The predicted octanol–water partition coefficient (Wildman–Crippen LogP) is 5.40. The van der Waals surface area contributed by atoms with Crippen molar-refractivity contribution in [3.05, 3.63) is 102 Å². The van der Waals surface area contributed by atoms with Gasteiger partial charge in [-0.3, -0.25) is 4.79 Å². The van der Waals surface area contributed by atoms with E-state index in [0.717, 1.165) is 33.8 Å². The van der Waals surface area contributed by atoms with E-state index in [9.17, 15) is 4.79 Å². The highest BCUT2D eigenvalue weighted by atomic mass is 16.5. The minimum absolute atomic E-state index is 0.111. The minimum Gasteiger partial charge on any atom is -0.496 e. The van der Waals surface area contributed by atoms with Crippen molar-refractivity contribution < 1.29 is 9.53 Å². The van der Waals surface area contributed by atoms with Crippen LogP contribution in [-0.2, 0) is 0 Å². The highest BCUT2D eigenvalue weighted by molar-refractivity contribution is 6.05. The Bertz CT molecular complexity index is 1150. The molecule has 0 radical (unpaired) electrons. The van der Waals surface area contributed by atoms with E-state index in [4.69, 9.17) is 9.84 Å². The van der Waals surface area contributed by atoms with E-state index in [1.54, 1.807) is 18.2 Å². The number of anilines is 1. The van der Waals surface area contributed by atoms with E-state index in [-0.39, 0.29) is 11.9 Å². The SMILES string of the molecule is C=Cc1cc(C2=NN(C(=O)c3ccccc3)C(c3ccc(N(C)C)cc3)C2)ccc1OC. The molecular formula is C27H27N3O2. The third-order valence-corrected chi connectivity index (χ3v) is 5.72. The van der Waals surface area contributed by atoms with Gasteiger partial charge in [-0.05, 0) is 53.6 Å². The molecule has 5 heteroatoms. The molecule has 0 saturated carbocycles. The van der Waals surface area contributed by atoms with Crippen LogP contribution >= 0.6 is 0 Å². The normalized spacial score (nSPS) is 15.3. The van der Waals surface area contributed by atoms with Crippen LogP contribution < -0.4 is 9.64 Å². The molecule has 32 heavy (non-hydrogen) atoms. The van der Waals surface area contributed by atoms with Gasteiger partial charge in [-0.1, -0.05) is 43.0 Å². The molecule has 1 unspecified atom stereocenters. The first-order chi connectivity index (χ1) is 15.5. The lowest BCUT2D eigenvalue weighted by molar-refractivity contribution is 0.0711. The summed E-state index contributed by atoms with van der Waals surface area (Å²) in [5.41, 5.74) is 5.50. The van der Waals surface area contributed by atoms with Gasteiger partial charge in [0.25, 0.3) is 5.91 Å². The lowest BCUT2D eigenvalue weighted by atomic mass is 9.96. The van der Waals surface area contributed by atoms with Gasteiger partial charge in [0, 0.05) is 37.3 Å². The second kappa shape index (κ2) is 9.10. The summed E-state index contributed by atoms with van der Waals surface area (Å²) in [5, 5.41) is 6.41. The van der Waals surface area contributed by atoms with Crippen molar-refractivity contribution >= 4 is 23.4 Å². The predicted molar refractivity (Wildman–Crippen MR) is 130 cm³/mol. The van der Waals surface area contributed by atoms with Gasteiger partial charge in [-0.25, -0.2) is 5.01 Å². The summed E-state index contributed by atoms with van der Waals surface area (Å²) in [4.78, 5) is 15.4. The summed E-state index contributed by atoms with van der Waals surface area (Å²) in [7, 11) is 5.67. The van der Waals surface area contributed by atoms with Crippen LogP contribution in [0.2, 0.25) is 0 Å². The Morgan fingerprint density at radius 1 is 1.09 bits per heavy atom. The number of carbonyl (C=O) groups is 1. The maximum absolute atomic E-state index is 13.4. The van der Waals surface area contributed by atoms with Crippen LogP contribution in [0.15, 0.2) is 84.5 Å². The van der Waals surface area contributed by atoms with Crippen LogP contribution in [0.1, 0.15) is 39.5 Å². The lowest BCUT2D eigenvalue weighted by Crippen LogP contribution is -2.27. The van der Waals surface area contributed by atoms with Crippen molar-refractivity contribution in [1.29, 1.82) is 0 Å². The zero-order valence-corrected chi connectivity index (χ0v) is 18.7. The van der Waals surface area contributed by atoms with Gasteiger partial charge in [-0.2, -0.15) is 5.10 Å². The molecule has 5 nitrogen and oxygen atoms in total. The van der Waals surface area contributed by atoms with Crippen molar-refractivity contribution in [2.24, 2.45) is 5.10 Å². The van der Waals surface area contributed by atoms with Crippen LogP contribution in [0.25, 0.3) is 6.08 Å². The second-order valence-electron chi connectivity index (χ2n) is 7.93. The molecule has 3 aromatic carbocycles. The summed E-state index contributed by atoms with van der Waals surface area (Å²) in [6, 6.07) is 23.3. The van der Waals surface area contributed by atoms with Crippen LogP contribution in [0.5, 0.6) is 5.75 Å². The molecule has 0 saturated heterocycles.